The van der Waals surface area contributed by atoms with E-state index in [-0.39, 0.29) is 0 Å². The van der Waals surface area contributed by atoms with Crippen LogP contribution in [0.2, 0.25) is 0 Å². The van der Waals surface area contributed by atoms with Gasteiger partial charge < -0.3 is 15.2 Å². The molecule has 0 aliphatic rings. The second-order valence-corrected chi connectivity index (χ2v) is 5.79. The lowest BCUT2D eigenvalue weighted by Crippen LogP contribution is -2.38. The summed E-state index contributed by atoms with van der Waals surface area (Å²) in [7, 11) is 0. The lowest BCUT2D eigenvalue weighted by Gasteiger charge is -2.12. The summed E-state index contributed by atoms with van der Waals surface area (Å²) in [6, 6.07) is 5.26. The van der Waals surface area contributed by atoms with E-state index in [2.05, 4.69) is 20.6 Å². The molecule has 1 heterocycles. The first kappa shape index (κ1) is 19.8. The number of nitrogens with one attached hydrogen (secondary N) is 2. The zero-order valence-corrected chi connectivity index (χ0v) is 14.8. The Hall–Kier alpha value is -2.51. The van der Waals surface area contributed by atoms with Crippen LogP contribution in [0.25, 0.3) is 0 Å². The highest BCUT2D eigenvalue weighted by Crippen LogP contribution is 2.29. The van der Waals surface area contributed by atoms with Crippen molar-refractivity contribution in [2.75, 3.05) is 19.6 Å². The summed E-state index contributed by atoms with van der Waals surface area (Å²) in [6.07, 6.45) is 2.66. The van der Waals surface area contributed by atoms with Crippen LogP contribution in [0.15, 0.2) is 48.0 Å². The lowest BCUT2D eigenvalue weighted by molar-refractivity contribution is -0.137. The normalized spacial score (nSPS) is 12.2. The molecule has 0 fully saturated rings. The molecule has 142 valence electrons. The molecule has 0 atom stereocenters. The minimum atomic E-state index is -4.29. The van der Waals surface area contributed by atoms with Gasteiger partial charge in [0, 0.05) is 38.6 Å². The van der Waals surface area contributed by atoms with Gasteiger partial charge in [0.25, 0.3) is 0 Å². The summed E-state index contributed by atoms with van der Waals surface area (Å²) in [4.78, 5) is 8.50. The third-order valence-corrected chi connectivity index (χ3v) is 3.74. The number of halogens is 3. The average molecular weight is 367 g/mol. The van der Waals surface area contributed by atoms with E-state index in [4.69, 9.17) is 0 Å². The van der Waals surface area contributed by atoms with Crippen molar-refractivity contribution in [2.45, 2.75) is 32.5 Å². The van der Waals surface area contributed by atoms with Gasteiger partial charge in [-0.15, -0.1) is 0 Å². The number of hydrogen-bond acceptors (Lipinski definition) is 2. The minimum Gasteiger partial charge on any atom is -0.357 e. The predicted octanol–water partition coefficient (Wildman–Crippen LogP) is 3.09. The van der Waals surface area contributed by atoms with E-state index >= 15 is 0 Å². The molecule has 0 aliphatic heterocycles. The highest BCUT2D eigenvalue weighted by Gasteiger charge is 2.29. The van der Waals surface area contributed by atoms with Crippen molar-refractivity contribution in [1.29, 1.82) is 0 Å². The maximum absolute atomic E-state index is 12.6. The quantitative estimate of drug-likeness (QED) is 0.428. The fraction of sp³-hybridized carbons (Fsp3) is 0.444. The Bertz CT molecular complexity index is 663. The third-order valence-electron chi connectivity index (χ3n) is 3.74. The highest BCUT2D eigenvalue weighted by molar-refractivity contribution is 5.79. The van der Waals surface area contributed by atoms with Gasteiger partial charge in [0.1, 0.15) is 0 Å². The van der Waals surface area contributed by atoms with Gasteiger partial charge in [0.05, 0.1) is 11.9 Å². The molecule has 1 aromatic heterocycles. The Morgan fingerprint density at radius 2 is 1.96 bits per heavy atom. The van der Waals surface area contributed by atoms with E-state index in [1.807, 2.05) is 17.7 Å². The highest BCUT2D eigenvalue weighted by atomic mass is 19.4. The smallest absolute Gasteiger partial charge is 0.357 e. The molecule has 0 saturated carbocycles. The van der Waals surface area contributed by atoms with Crippen LogP contribution in [0.4, 0.5) is 13.2 Å². The zero-order valence-electron chi connectivity index (χ0n) is 14.8. The van der Waals surface area contributed by atoms with Gasteiger partial charge in [-0.05, 0) is 37.5 Å². The van der Waals surface area contributed by atoms with Crippen molar-refractivity contribution in [3.8, 4) is 0 Å². The van der Waals surface area contributed by atoms with Crippen LogP contribution in [0.1, 0.15) is 24.5 Å². The van der Waals surface area contributed by atoms with Crippen LogP contribution in [0.3, 0.4) is 0 Å². The maximum Gasteiger partial charge on any atom is 0.416 e. The van der Waals surface area contributed by atoms with E-state index in [0.717, 1.165) is 37.2 Å². The lowest BCUT2D eigenvalue weighted by atomic mass is 10.1. The molecular formula is C18H24F3N5. The zero-order chi connectivity index (χ0) is 18.8. The number of nitrogens with zero attached hydrogens (tertiary/aromatic N) is 3. The topological polar surface area (TPSA) is 54.2 Å². The summed E-state index contributed by atoms with van der Waals surface area (Å²) >= 11 is 0. The van der Waals surface area contributed by atoms with Crippen LogP contribution in [-0.2, 0) is 19.1 Å². The Kier molecular flexibility index (Phi) is 7.50. The number of hydrogen-bond donors (Lipinski definition) is 2. The van der Waals surface area contributed by atoms with Crippen molar-refractivity contribution < 1.29 is 13.2 Å². The van der Waals surface area contributed by atoms with Crippen LogP contribution in [0, 0.1) is 0 Å². The molecule has 26 heavy (non-hydrogen) atoms. The Labute approximate surface area is 151 Å². The molecule has 0 amide bonds. The number of alkyl halides is 3. The average Bonchev–Trinajstić information content (AvgIpc) is 3.12. The first-order valence-corrected chi connectivity index (χ1v) is 8.63. The molecule has 0 unspecified atom stereocenters. The number of aryl methyl sites for hydroxylation is 1. The molecule has 2 aromatic rings. The van der Waals surface area contributed by atoms with E-state index < -0.39 is 11.7 Å². The van der Waals surface area contributed by atoms with Gasteiger partial charge in [-0.25, -0.2) is 4.98 Å². The van der Waals surface area contributed by atoms with Crippen molar-refractivity contribution in [3.05, 3.63) is 54.1 Å². The predicted molar refractivity (Wildman–Crippen MR) is 96.0 cm³/mol. The largest absolute Gasteiger partial charge is 0.416 e. The Morgan fingerprint density at radius 1 is 1.19 bits per heavy atom. The van der Waals surface area contributed by atoms with Crippen molar-refractivity contribution in [2.24, 2.45) is 4.99 Å². The van der Waals surface area contributed by atoms with Gasteiger partial charge in [-0.3, -0.25) is 4.99 Å². The molecule has 5 nitrogen and oxygen atoms in total. The fourth-order valence-electron chi connectivity index (χ4n) is 2.39. The second kappa shape index (κ2) is 9.84. The SMILES string of the molecule is CCNC(=NCCCn1ccnc1)NCCc1ccc(C(F)(F)F)cc1. The van der Waals surface area contributed by atoms with Crippen molar-refractivity contribution in [1.82, 2.24) is 20.2 Å². The van der Waals surface area contributed by atoms with Crippen LogP contribution >= 0.6 is 0 Å². The van der Waals surface area contributed by atoms with Crippen LogP contribution in [0.5, 0.6) is 0 Å². The molecular weight excluding hydrogens is 343 g/mol. The first-order chi connectivity index (χ1) is 12.5. The van der Waals surface area contributed by atoms with Crippen molar-refractivity contribution >= 4 is 5.96 Å². The summed E-state index contributed by atoms with van der Waals surface area (Å²) in [5.41, 5.74) is 0.225. The van der Waals surface area contributed by atoms with Gasteiger partial charge >= 0.3 is 6.18 Å². The molecule has 0 saturated heterocycles. The summed E-state index contributed by atoms with van der Waals surface area (Å²) in [6.45, 7) is 4.85. The summed E-state index contributed by atoms with van der Waals surface area (Å²) in [5, 5.41) is 6.37. The number of imidazole rings is 1. The molecule has 2 rings (SSSR count). The van der Waals surface area contributed by atoms with Gasteiger partial charge in [0.15, 0.2) is 5.96 Å². The number of benzene rings is 1. The third kappa shape index (κ3) is 6.78. The van der Waals surface area contributed by atoms with Crippen molar-refractivity contribution in [3.63, 3.8) is 0 Å². The molecule has 0 radical (unpaired) electrons. The number of rotatable bonds is 8. The van der Waals surface area contributed by atoms with E-state index in [1.165, 1.54) is 12.1 Å². The van der Waals surface area contributed by atoms with Gasteiger partial charge in [0.2, 0.25) is 0 Å². The number of aromatic nitrogens is 2. The summed E-state index contributed by atoms with van der Waals surface area (Å²) < 4.78 is 39.7. The molecule has 0 bridgehead atoms. The van der Waals surface area contributed by atoms with Gasteiger partial charge in [-0.1, -0.05) is 12.1 Å². The maximum atomic E-state index is 12.6. The standard InChI is InChI=1S/C18H24F3N5/c1-2-23-17(24-9-3-12-26-13-11-22-14-26)25-10-8-15-4-6-16(7-5-15)18(19,20)21/h4-7,11,13-14H,2-3,8-10,12H2,1H3,(H2,23,24,25). The second-order valence-electron chi connectivity index (χ2n) is 5.79. The monoisotopic (exact) mass is 367 g/mol. The van der Waals surface area contributed by atoms with E-state index in [9.17, 15) is 13.2 Å². The van der Waals surface area contributed by atoms with Crippen LogP contribution in [-0.4, -0.2) is 35.1 Å². The summed E-state index contributed by atoms with van der Waals surface area (Å²) in [5.74, 6) is 0.713. The fourth-order valence-corrected chi connectivity index (χ4v) is 2.39. The molecule has 0 aliphatic carbocycles. The Balaban J connectivity index is 1.75. The van der Waals surface area contributed by atoms with Crippen LogP contribution < -0.4 is 10.6 Å². The molecule has 0 spiro atoms. The molecule has 8 heteroatoms. The Morgan fingerprint density at radius 3 is 2.58 bits per heavy atom. The first-order valence-electron chi connectivity index (χ1n) is 8.63. The number of guanidine groups is 1. The number of aliphatic imine (C=N–C) groups is 1. The van der Waals surface area contributed by atoms with E-state index in [1.54, 1.807) is 12.5 Å². The van der Waals surface area contributed by atoms with Gasteiger partial charge in [-0.2, -0.15) is 13.2 Å². The molecule has 1 aromatic carbocycles. The molecule has 2 N–H and O–H groups in total. The minimum absolute atomic E-state index is 0.596. The van der Waals surface area contributed by atoms with E-state index in [0.29, 0.717) is 25.5 Å².